The molecule has 0 unspecified atom stereocenters. The molecule has 0 aliphatic heterocycles. The van der Waals surface area contributed by atoms with Crippen LogP contribution >= 0.6 is 11.6 Å². The van der Waals surface area contributed by atoms with E-state index in [2.05, 4.69) is 0 Å². The molecule has 0 fully saturated rings. The monoisotopic (exact) mass is 414 g/mol. The molecule has 1 aromatic heterocycles. The minimum atomic E-state index is -0.0974. The highest BCUT2D eigenvalue weighted by Gasteiger charge is 2.11. The molecule has 4 aromatic rings. The molecule has 0 aliphatic carbocycles. The van der Waals surface area contributed by atoms with E-state index in [9.17, 15) is 4.79 Å². The van der Waals surface area contributed by atoms with E-state index in [1.54, 1.807) is 43.5 Å². The molecule has 0 atom stereocenters. The first-order chi connectivity index (χ1) is 14.6. The Labute approximate surface area is 180 Å². The van der Waals surface area contributed by atoms with Gasteiger partial charge in [-0.15, -0.1) is 0 Å². The Morgan fingerprint density at radius 1 is 0.967 bits per heavy atom. The molecule has 0 N–H and O–H groups in total. The number of aromatic nitrogens is 2. The average molecular weight is 415 g/mol. The van der Waals surface area contributed by atoms with Gasteiger partial charge >= 0.3 is 0 Å². The maximum absolute atomic E-state index is 12.6. The number of ether oxygens (including phenoxy) is 1. The van der Waals surface area contributed by atoms with Crippen LogP contribution in [0.5, 0.6) is 5.75 Å². The van der Waals surface area contributed by atoms with E-state index in [4.69, 9.17) is 21.4 Å². The summed E-state index contributed by atoms with van der Waals surface area (Å²) in [5, 5.41) is 5.36. The lowest BCUT2D eigenvalue weighted by molar-refractivity contribution is 0.104. The summed E-state index contributed by atoms with van der Waals surface area (Å²) < 4.78 is 7.06. The zero-order valence-electron chi connectivity index (χ0n) is 16.3. The Bertz CT molecular complexity index is 1180. The number of carbonyl (C=O) groups excluding carboxylic acids is 1. The van der Waals surface area contributed by atoms with Crippen molar-refractivity contribution < 1.29 is 9.53 Å². The van der Waals surface area contributed by atoms with Crippen molar-refractivity contribution in [1.82, 2.24) is 9.78 Å². The predicted molar refractivity (Wildman–Crippen MR) is 120 cm³/mol. The van der Waals surface area contributed by atoms with Crippen molar-refractivity contribution in [2.24, 2.45) is 0 Å². The number of allylic oxidation sites excluding steroid dienone is 1. The first kappa shape index (κ1) is 19.7. The van der Waals surface area contributed by atoms with Gasteiger partial charge in [0.1, 0.15) is 5.75 Å². The van der Waals surface area contributed by atoms with Gasteiger partial charge in [0, 0.05) is 27.9 Å². The number of para-hydroxylation sites is 1. The molecular weight excluding hydrogens is 396 g/mol. The normalized spacial score (nSPS) is 11.0. The average Bonchev–Trinajstić information content (AvgIpc) is 3.23. The van der Waals surface area contributed by atoms with Crippen LogP contribution in [0.15, 0.2) is 91.1 Å². The highest BCUT2D eigenvalue weighted by atomic mass is 35.5. The largest absolute Gasteiger partial charge is 0.497 e. The van der Waals surface area contributed by atoms with E-state index in [1.807, 2.05) is 65.5 Å². The number of carbonyl (C=O) groups is 1. The summed E-state index contributed by atoms with van der Waals surface area (Å²) in [5.74, 6) is 0.677. The van der Waals surface area contributed by atoms with Crippen molar-refractivity contribution in [2.45, 2.75) is 0 Å². The fraction of sp³-hybridized carbons (Fsp3) is 0.0400. The molecule has 0 saturated carbocycles. The van der Waals surface area contributed by atoms with E-state index in [0.29, 0.717) is 10.6 Å². The van der Waals surface area contributed by atoms with Crippen LogP contribution in [0.1, 0.15) is 15.9 Å². The van der Waals surface area contributed by atoms with Gasteiger partial charge in [0.15, 0.2) is 5.78 Å². The molecule has 0 spiro atoms. The van der Waals surface area contributed by atoms with Crippen LogP contribution in [-0.4, -0.2) is 22.7 Å². The highest BCUT2D eigenvalue weighted by molar-refractivity contribution is 6.30. The van der Waals surface area contributed by atoms with E-state index >= 15 is 0 Å². The second-order valence-corrected chi connectivity index (χ2v) is 7.08. The summed E-state index contributed by atoms with van der Waals surface area (Å²) in [4.78, 5) is 12.6. The van der Waals surface area contributed by atoms with Crippen LogP contribution in [0.2, 0.25) is 5.02 Å². The summed E-state index contributed by atoms with van der Waals surface area (Å²) in [6.45, 7) is 0. The predicted octanol–water partition coefficient (Wildman–Crippen LogP) is 6.10. The van der Waals surface area contributed by atoms with Crippen molar-refractivity contribution in [3.8, 4) is 22.7 Å². The van der Waals surface area contributed by atoms with Gasteiger partial charge in [-0.25, -0.2) is 4.68 Å². The van der Waals surface area contributed by atoms with Gasteiger partial charge in [0.2, 0.25) is 0 Å². The van der Waals surface area contributed by atoms with Gasteiger partial charge in [-0.3, -0.25) is 4.79 Å². The van der Waals surface area contributed by atoms with E-state index in [1.165, 1.54) is 0 Å². The molecule has 0 aliphatic rings. The minimum Gasteiger partial charge on any atom is -0.497 e. The first-order valence-electron chi connectivity index (χ1n) is 9.41. The number of halogens is 1. The number of hydrogen-bond donors (Lipinski definition) is 0. The number of methoxy groups -OCH3 is 1. The molecule has 3 aromatic carbocycles. The third-order valence-corrected chi connectivity index (χ3v) is 4.92. The lowest BCUT2D eigenvalue weighted by atomic mass is 10.1. The molecule has 0 bridgehead atoms. The number of ketones is 1. The molecule has 148 valence electrons. The van der Waals surface area contributed by atoms with Gasteiger partial charge < -0.3 is 4.74 Å². The SMILES string of the molecule is COc1ccc(-c2nn(-c3ccccc3)cc2/C=C/C(=O)c2ccc(Cl)cc2)cc1. The van der Waals surface area contributed by atoms with Gasteiger partial charge in [-0.05, 0) is 72.8 Å². The summed E-state index contributed by atoms with van der Waals surface area (Å²) in [7, 11) is 1.63. The third kappa shape index (κ3) is 4.34. The van der Waals surface area contributed by atoms with E-state index in [-0.39, 0.29) is 5.78 Å². The molecule has 1 heterocycles. The summed E-state index contributed by atoms with van der Waals surface area (Å²) >= 11 is 5.91. The van der Waals surface area contributed by atoms with Crippen LogP contribution in [0, 0.1) is 0 Å². The lowest BCUT2D eigenvalue weighted by Gasteiger charge is -2.02. The topological polar surface area (TPSA) is 44.1 Å². The summed E-state index contributed by atoms with van der Waals surface area (Å²) in [5.41, 5.74) is 4.07. The van der Waals surface area contributed by atoms with Gasteiger partial charge in [-0.2, -0.15) is 5.10 Å². The molecule has 0 amide bonds. The van der Waals surface area contributed by atoms with Crippen molar-refractivity contribution >= 4 is 23.5 Å². The van der Waals surface area contributed by atoms with Crippen LogP contribution in [-0.2, 0) is 0 Å². The molecular formula is C25H19ClN2O2. The molecule has 30 heavy (non-hydrogen) atoms. The number of nitrogens with zero attached hydrogens (tertiary/aromatic N) is 2. The molecule has 0 saturated heterocycles. The molecule has 4 rings (SSSR count). The molecule has 5 heteroatoms. The summed E-state index contributed by atoms with van der Waals surface area (Å²) in [6, 6.07) is 24.4. The Morgan fingerprint density at radius 3 is 2.33 bits per heavy atom. The van der Waals surface area contributed by atoms with Crippen molar-refractivity contribution in [3.05, 3.63) is 107 Å². The second kappa shape index (κ2) is 8.80. The maximum Gasteiger partial charge on any atom is 0.185 e. The van der Waals surface area contributed by atoms with Gasteiger partial charge in [0.25, 0.3) is 0 Å². The van der Waals surface area contributed by atoms with Crippen molar-refractivity contribution in [3.63, 3.8) is 0 Å². The summed E-state index contributed by atoms with van der Waals surface area (Å²) in [6.07, 6.45) is 5.27. The van der Waals surface area contributed by atoms with E-state index in [0.717, 1.165) is 28.3 Å². The molecule has 4 nitrogen and oxygen atoms in total. The number of rotatable bonds is 6. The van der Waals surface area contributed by atoms with Crippen LogP contribution < -0.4 is 4.74 Å². The fourth-order valence-corrected chi connectivity index (χ4v) is 3.20. The third-order valence-electron chi connectivity index (χ3n) is 4.67. The van der Waals surface area contributed by atoms with Crippen molar-refractivity contribution in [2.75, 3.05) is 7.11 Å². The van der Waals surface area contributed by atoms with Crippen LogP contribution in [0.25, 0.3) is 23.0 Å². The fourth-order valence-electron chi connectivity index (χ4n) is 3.07. The Balaban J connectivity index is 1.71. The lowest BCUT2D eigenvalue weighted by Crippen LogP contribution is -1.94. The van der Waals surface area contributed by atoms with E-state index < -0.39 is 0 Å². The minimum absolute atomic E-state index is 0.0974. The van der Waals surface area contributed by atoms with Crippen LogP contribution in [0.4, 0.5) is 0 Å². The molecule has 0 radical (unpaired) electrons. The van der Waals surface area contributed by atoms with Gasteiger partial charge in [0.05, 0.1) is 18.5 Å². The first-order valence-corrected chi connectivity index (χ1v) is 9.79. The Morgan fingerprint density at radius 2 is 1.67 bits per heavy atom. The Hall–Kier alpha value is -3.63. The smallest absolute Gasteiger partial charge is 0.185 e. The van der Waals surface area contributed by atoms with Crippen LogP contribution in [0.3, 0.4) is 0 Å². The number of hydrogen-bond acceptors (Lipinski definition) is 3. The standard InChI is InChI=1S/C25H19ClN2O2/c1-30-23-14-9-19(10-15-23)25-20(17-28(27-25)22-5-3-2-4-6-22)11-16-24(29)18-7-12-21(26)13-8-18/h2-17H,1H3/b16-11+. The zero-order valence-corrected chi connectivity index (χ0v) is 17.1. The van der Waals surface area contributed by atoms with Gasteiger partial charge in [-0.1, -0.05) is 29.8 Å². The highest BCUT2D eigenvalue weighted by Crippen LogP contribution is 2.27. The number of benzene rings is 3. The van der Waals surface area contributed by atoms with Crippen molar-refractivity contribution in [1.29, 1.82) is 0 Å². The zero-order chi connectivity index (χ0) is 20.9. The Kier molecular flexibility index (Phi) is 5.77. The second-order valence-electron chi connectivity index (χ2n) is 6.65. The quantitative estimate of drug-likeness (QED) is 0.283. The maximum atomic E-state index is 12.6.